The zero-order valence-electron chi connectivity index (χ0n) is 5.86. The fourth-order valence-electron chi connectivity index (χ4n) is 0.619. The first-order valence-electron chi connectivity index (χ1n) is 3.09. The molecule has 0 aliphatic heterocycles. The Bertz CT molecular complexity index is 213. The normalized spacial score (nSPS) is 11.1. The van der Waals surface area contributed by atoms with Crippen molar-refractivity contribution in [3.63, 3.8) is 0 Å². The molecule has 5 heteroatoms. The number of rotatable bonds is 4. The number of hydrogen-bond acceptors (Lipinski definition) is 4. The number of nitro groups is 1. The zero-order valence-corrected chi connectivity index (χ0v) is 5.86. The van der Waals surface area contributed by atoms with E-state index in [0.29, 0.717) is 0 Å². The summed E-state index contributed by atoms with van der Waals surface area (Å²) in [6, 6.07) is 2.63. The molecule has 0 radical (unpaired) electrons. The molecule has 0 fully saturated rings. The molecule has 0 bridgehead atoms. The molecule has 58 valence electrons. The summed E-state index contributed by atoms with van der Waals surface area (Å²) in [5, 5.41) is 26.4. The lowest BCUT2D eigenvalue weighted by Crippen LogP contribution is -2.18. The van der Waals surface area contributed by atoms with Crippen LogP contribution in [0.15, 0.2) is 0 Å². The highest BCUT2D eigenvalue weighted by atomic mass is 16.6. The lowest BCUT2D eigenvalue weighted by Gasteiger charge is -2.00. The maximum Gasteiger partial charge on any atom is 0.227 e. The number of nitrogens with zero attached hydrogens (tertiary/aromatic N) is 3. The van der Waals surface area contributed by atoms with E-state index >= 15 is 0 Å². The predicted molar refractivity (Wildman–Crippen MR) is 35.9 cm³/mol. The molecule has 11 heavy (non-hydrogen) atoms. The summed E-state index contributed by atoms with van der Waals surface area (Å²) >= 11 is 0. The highest BCUT2D eigenvalue weighted by Crippen LogP contribution is 2.03. The van der Waals surface area contributed by atoms with Gasteiger partial charge < -0.3 is 0 Å². The second kappa shape index (κ2) is 5.19. The SMILES string of the molecule is N#CCCC(CC#N)[N+](=O)[O-]. The molecule has 0 heterocycles. The average molecular weight is 153 g/mol. The van der Waals surface area contributed by atoms with Crippen LogP contribution in [0.2, 0.25) is 0 Å². The first kappa shape index (κ1) is 9.38. The number of hydrogen-bond donors (Lipinski definition) is 0. The summed E-state index contributed by atoms with van der Waals surface area (Å²) in [5.74, 6) is 0. The van der Waals surface area contributed by atoms with Crippen molar-refractivity contribution in [1.82, 2.24) is 0 Å². The van der Waals surface area contributed by atoms with Gasteiger partial charge in [0, 0.05) is 17.8 Å². The molecule has 0 rings (SSSR count). The van der Waals surface area contributed by atoms with Crippen molar-refractivity contribution in [2.45, 2.75) is 25.3 Å². The molecule has 0 saturated carbocycles. The first-order valence-corrected chi connectivity index (χ1v) is 3.09. The van der Waals surface area contributed by atoms with Crippen LogP contribution in [0.25, 0.3) is 0 Å². The molecule has 0 aromatic carbocycles. The van der Waals surface area contributed by atoms with Crippen LogP contribution in [0.3, 0.4) is 0 Å². The molecule has 0 saturated heterocycles. The zero-order chi connectivity index (χ0) is 8.69. The lowest BCUT2D eigenvalue weighted by molar-refractivity contribution is -0.522. The van der Waals surface area contributed by atoms with Crippen molar-refractivity contribution in [3.8, 4) is 12.1 Å². The summed E-state index contributed by atoms with van der Waals surface area (Å²) in [5.41, 5.74) is 0. The van der Waals surface area contributed by atoms with Crippen LogP contribution in [-0.4, -0.2) is 11.0 Å². The maximum absolute atomic E-state index is 10.1. The Labute approximate surface area is 64.0 Å². The van der Waals surface area contributed by atoms with Gasteiger partial charge >= 0.3 is 0 Å². The third kappa shape index (κ3) is 3.88. The first-order chi connectivity index (χ1) is 5.22. The standard InChI is InChI=1S/C6H7N3O2/c7-4-1-2-6(3-5-8)9(10)11/h6H,1-3H2. The minimum absolute atomic E-state index is 0.116. The number of nitriles is 2. The van der Waals surface area contributed by atoms with Gasteiger partial charge in [0.2, 0.25) is 6.04 Å². The highest BCUT2D eigenvalue weighted by molar-refractivity contribution is 4.79. The quantitative estimate of drug-likeness (QED) is 0.442. The lowest BCUT2D eigenvalue weighted by atomic mass is 10.1. The summed E-state index contributed by atoms with van der Waals surface area (Å²) in [4.78, 5) is 9.63. The van der Waals surface area contributed by atoms with Crippen molar-refractivity contribution in [3.05, 3.63) is 10.1 Å². The fraction of sp³-hybridized carbons (Fsp3) is 0.667. The minimum Gasteiger partial charge on any atom is -0.264 e. The van der Waals surface area contributed by atoms with Gasteiger partial charge in [-0.1, -0.05) is 0 Å². The van der Waals surface area contributed by atoms with E-state index in [1.165, 1.54) is 0 Å². The molecule has 0 aliphatic rings. The van der Waals surface area contributed by atoms with Crippen LogP contribution in [0.1, 0.15) is 19.3 Å². The molecule has 0 amide bonds. The molecule has 1 unspecified atom stereocenters. The molecule has 1 atom stereocenters. The van der Waals surface area contributed by atoms with E-state index in [4.69, 9.17) is 10.5 Å². The largest absolute Gasteiger partial charge is 0.264 e. The highest BCUT2D eigenvalue weighted by Gasteiger charge is 2.18. The molecule has 0 aliphatic carbocycles. The summed E-state index contributed by atoms with van der Waals surface area (Å²) in [6.45, 7) is 0. The molecule has 0 N–H and O–H groups in total. The van der Waals surface area contributed by atoms with Crippen molar-refractivity contribution < 1.29 is 4.92 Å². The van der Waals surface area contributed by atoms with Crippen molar-refractivity contribution >= 4 is 0 Å². The Morgan fingerprint density at radius 1 is 1.45 bits per heavy atom. The molecule has 0 aromatic rings. The van der Waals surface area contributed by atoms with Crippen LogP contribution >= 0.6 is 0 Å². The van der Waals surface area contributed by atoms with Gasteiger partial charge in [-0.3, -0.25) is 10.1 Å². The van der Waals surface area contributed by atoms with Gasteiger partial charge in [0.05, 0.1) is 12.1 Å². The topological polar surface area (TPSA) is 90.7 Å². The van der Waals surface area contributed by atoms with Gasteiger partial charge in [-0.05, 0) is 0 Å². The fourth-order valence-corrected chi connectivity index (χ4v) is 0.619. The average Bonchev–Trinajstić information content (AvgIpc) is 1.97. The summed E-state index contributed by atoms with van der Waals surface area (Å²) < 4.78 is 0. The maximum atomic E-state index is 10.1. The van der Waals surface area contributed by atoms with Crippen LogP contribution in [0.4, 0.5) is 0 Å². The molecule has 0 aromatic heterocycles. The minimum atomic E-state index is -0.875. The van der Waals surface area contributed by atoms with Gasteiger partial charge in [-0.25, -0.2) is 0 Å². The van der Waals surface area contributed by atoms with Gasteiger partial charge in [0.15, 0.2) is 0 Å². The smallest absolute Gasteiger partial charge is 0.227 e. The van der Waals surface area contributed by atoms with Crippen molar-refractivity contribution in [2.75, 3.05) is 0 Å². The third-order valence-electron chi connectivity index (χ3n) is 1.21. The van der Waals surface area contributed by atoms with E-state index in [-0.39, 0.29) is 19.3 Å². The Morgan fingerprint density at radius 3 is 2.45 bits per heavy atom. The molecule has 0 spiro atoms. The Balaban J connectivity index is 3.83. The van der Waals surface area contributed by atoms with E-state index in [1.807, 2.05) is 0 Å². The Morgan fingerprint density at radius 2 is 2.09 bits per heavy atom. The summed E-state index contributed by atoms with van der Waals surface area (Å²) in [6.07, 6.45) is 0.180. The van der Waals surface area contributed by atoms with Crippen LogP contribution in [0, 0.1) is 32.8 Å². The Hall–Kier alpha value is -1.62. The third-order valence-corrected chi connectivity index (χ3v) is 1.21. The second-order valence-corrected chi connectivity index (χ2v) is 2.00. The van der Waals surface area contributed by atoms with Crippen LogP contribution in [0.5, 0.6) is 0 Å². The van der Waals surface area contributed by atoms with Gasteiger partial charge in [0.1, 0.15) is 6.42 Å². The van der Waals surface area contributed by atoms with E-state index in [2.05, 4.69) is 0 Å². The van der Waals surface area contributed by atoms with E-state index in [1.54, 1.807) is 12.1 Å². The van der Waals surface area contributed by atoms with E-state index in [9.17, 15) is 10.1 Å². The van der Waals surface area contributed by atoms with Crippen molar-refractivity contribution in [2.24, 2.45) is 0 Å². The molecule has 5 nitrogen and oxygen atoms in total. The monoisotopic (exact) mass is 153 g/mol. The van der Waals surface area contributed by atoms with Gasteiger partial charge in [-0.2, -0.15) is 10.5 Å². The van der Waals surface area contributed by atoms with E-state index in [0.717, 1.165) is 0 Å². The van der Waals surface area contributed by atoms with E-state index < -0.39 is 11.0 Å². The van der Waals surface area contributed by atoms with Crippen LogP contribution < -0.4 is 0 Å². The predicted octanol–water partition coefficient (Wildman–Crippen LogP) is 0.849. The molecular weight excluding hydrogens is 146 g/mol. The van der Waals surface area contributed by atoms with Gasteiger partial charge in [-0.15, -0.1) is 0 Å². The second-order valence-electron chi connectivity index (χ2n) is 2.00. The summed E-state index contributed by atoms with van der Waals surface area (Å²) in [7, 11) is 0. The van der Waals surface area contributed by atoms with Crippen molar-refractivity contribution in [1.29, 1.82) is 10.5 Å². The van der Waals surface area contributed by atoms with Gasteiger partial charge in [0.25, 0.3) is 0 Å². The molecular formula is C6H7N3O2. The van der Waals surface area contributed by atoms with Crippen LogP contribution in [-0.2, 0) is 0 Å². The Kier molecular flexibility index (Phi) is 4.42.